The number of piperazine rings is 1. The van der Waals surface area contributed by atoms with Gasteiger partial charge >= 0.3 is 0 Å². The lowest BCUT2D eigenvalue weighted by Crippen LogP contribution is -2.48. The van der Waals surface area contributed by atoms with E-state index >= 15 is 0 Å². The van der Waals surface area contributed by atoms with Gasteiger partial charge in [0, 0.05) is 47.9 Å². The molecule has 0 bridgehead atoms. The average Bonchev–Trinajstić information content (AvgIpc) is 2.80. The van der Waals surface area contributed by atoms with Crippen LogP contribution in [-0.4, -0.2) is 43.8 Å². The van der Waals surface area contributed by atoms with Gasteiger partial charge < -0.3 is 9.15 Å². The van der Waals surface area contributed by atoms with Crippen LogP contribution in [0.4, 0.5) is 0 Å². The second kappa shape index (κ2) is 10.3. The fourth-order valence-corrected chi connectivity index (χ4v) is 5.24. The highest BCUT2D eigenvalue weighted by Crippen LogP contribution is 2.21. The van der Waals surface area contributed by atoms with Crippen LogP contribution in [0.1, 0.15) is 11.3 Å². The Hall–Kier alpha value is -2.36. The Morgan fingerprint density at radius 2 is 1.67 bits per heavy atom. The van der Waals surface area contributed by atoms with Crippen molar-refractivity contribution in [3.63, 3.8) is 0 Å². The molecule has 174 valence electrons. The maximum Gasteiger partial charge on any atom is 0.243 e. The zero-order valence-corrected chi connectivity index (χ0v) is 19.9. The van der Waals surface area contributed by atoms with Crippen LogP contribution in [0.5, 0.6) is 5.75 Å². The third kappa shape index (κ3) is 5.77. The minimum atomic E-state index is -3.57. The predicted molar refractivity (Wildman–Crippen MR) is 126 cm³/mol. The van der Waals surface area contributed by atoms with Gasteiger partial charge in [0.1, 0.15) is 18.6 Å². The lowest BCUT2D eigenvalue weighted by Gasteiger charge is -2.33. The maximum atomic E-state index is 12.8. The highest BCUT2D eigenvalue weighted by molar-refractivity contribution is 7.89. The molecule has 2 aromatic carbocycles. The molecule has 0 spiro atoms. The van der Waals surface area contributed by atoms with Crippen molar-refractivity contribution >= 4 is 33.2 Å². The van der Waals surface area contributed by atoms with Crippen molar-refractivity contribution < 1.29 is 17.6 Å². The molecule has 0 saturated carbocycles. The molecule has 0 amide bonds. The molecule has 1 fully saturated rings. The highest BCUT2D eigenvalue weighted by atomic mass is 35.5. The van der Waals surface area contributed by atoms with Gasteiger partial charge in [0.15, 0.2) is 0 Å². The minimum Gasteiger partial charge on any atom is -0.482 e. The summed E-state index contributed by atoms with van der Waals surface area (Å²) in [4.78, 5) is 14.7. The largest absolute Gasteiger partial charge is 0.482 e. The third-order valence-electron chi connectivity index (χ3n) is 5.36. The Kier molecular flexibility index (Phi) is 7.41. The maximum absolute atomic E-state index is 12.8. The molecule has 10 heteroatoms. The van der Waals surface area contributed by atoms with Crippen LogP contribution in [0, 0.1) is 0 Å². The third-order valence-corrected chi connectivity index (χ3v) is 7.89. The van der Waals surface area contributed by atoms with Crippen LogP contribution in [-0.2, 0) is 23.2 Å². The van der Waals surface area contributed by atoms with Gasteiger partial charge in [-0.1, -0.05) is 41.4 Å². The molecule has 2 heterocycles. The van der Waals surface area contributed by atoms with Crippen molar-refractivity contribution in [2.75, 3.05) is 26.2 Å². The highest BCUT2D eigenvalue weighted by Gasteiger charge is 2.28. The van der Waals surface area contributed by atoms with E-state index in [-0.39, 0.29) is 22.7 Å². The van der Waals surface area contributed by atoms with E-state index in [1.807, 2.05) is 23.1 Å². The van der Waals surface area contributed by atoms with E-state index in [1.54, 1.807) is 18.2 Å². The SMILES string of the molecule is O=c1cc(CN2CCN(S(=O)(=O)c3ccc(Cl)cc3)CC2)occ1OCc1ccccc1Cl. The summed E-state index contributed by atoms with van der Waals surface area (Å²) in [5.41, 5.74) is 0.487. The van der Waals surface area contributed by atoms with Crippen molar-refractivity contribution in [3.8, 4) is 5.75 Å². The molecule has 1 aliphatic rings. The van der Waals surface area contributed by atoms with Gasteiger partial charge in [-0.3, -0.25) is 9.69 Å². The van der Waals surface area contributed by atoms with Crippen molar-refractivity contribution in [2.45, 2.75) is 18.0 Å². The summed E-state index contributed by atoms with van der Waals surface area (Å²) in [7, 11) is -3.57. The lowest BCUT2D eigenvalue weighted by molar-refractivity contribution is 0.169. The number of hydrogen-bond acceptors (Lipinski definition) is 6. The molecular weight excluding hydrogens is 487 g/mol. The van der Waals surface area contributed by atoms with E-state index in [2.05, 4.69) is 0 Å². The quantitative estimate of drug-likeness (QED) is 0.479. The first-order valence-electron chi connectivity index (χ1n) is 10.3. The topological polar surface area (TPSA) is 80.1 Å². The monoisotopic (exact) mass is 508 g/mol. The molecule has 1 aliphatic heterocycles. The van der Waals surface area contributed by atoms with E-state index in [4.69, 9.17) is 32.4 Å². The standard InChI is InChI=1S/C23H22Cl2N2O5S/c24-18-5-7-20(8-6-18)33(29,30)27-11-9-26(10-12-27)14-19-13-22(28)23(16-31-19)32-15-17-3-1-2-4-21(17)25/h1-8,13,16H,9-12,14-15H2. The Bertz CT molecular complexity index is 1270. The Balaban J connectivity index is 1.33. The normalized spacial score (nSPS) is 15.5. The minimum absolute atomic E-state index is 0.109. The van der Waals surface area contributed by atoms with E-state index < -0.39 is 10.0 Å². The summed E-state index contributed by atoms with van der Waals surface area (Å²) in [6.45, 7) is 2.27. The first-order chi connectivity index (χ1) is 15.8. The molecular formula is C23H22Cl2N2O5S. The zero-order valence-electron chi connectivity index (χ0n) is 17.6. The molecule has 7 nitrogen and oxygen atoms in total. The van der Waals surface area contributed by atoms with Gasteiger partial charge in [-0.15, -0.1) is 0 Å². The first-order valence-corrected chi connectivity index (χ1v) is 12.5. The number of ether oxygens (including phenoxy) is 1. The van der Waals surface area contributed by atoms with E-state index in [0.29, 0.717) is 48.5 Å². The summed E-state index contributed by atoms with van der Waals surface area (Å²) in [5.74, 6) is 0.594. The van der Waals surface area contributed by atoms with Crippen LogP contribution < -0.4 is 10.2 Å². The van der Waals surface area contributed by atoms with Gasteiger partial charge in [-0.05, 0) is 30.3 Å². The Morgan fingerprint density at radius 1 is 0.970 bits per heavy atom. The van der Waals surface area contributed by atoms with Crippen LogP contribution in [0.2, 0.25) is 10.0 Å². The summed E-state index contributed by atoms with van der Waals surface area (Å²) >= 11 is 12.0. The second-order valence-corrected chi connectivity index (χ2v) is 10.4. The van der Waals surface area contributed by atoms with Gasteiger partial charge in [0.05, 0.1) is 11.4 Å². The molecule has 0 aliphatic carbocycles. The second-order valence-electron chi connectivity index (χ2n) is 7.59. The van der Waals surface area contributed by atoms with E-state index in [0.717, 1.165) is 5.56 Å². The van der Waals surface area contributed by atoms with Crippen LogP contribution in [0.15, 0.2) is 75.0 Å². The molecule has 1 saturated heterocycles. The summed E-state index contributed by atoms with van der Waals surface area (Å²) in [6, 6.07) is 14.8. The van der Waals surface area contributed by atoms with Gasteiger partial charge in [0.25, 0.3) is 0 Å². The van der Waals surface area contributed by atoms with E-state index in [9.17, 15) is 13.2 Å². The van der Waals surface area contributed by atoms with Gasteiger partial charge in [-0.2, -0.15) is 4.31 Å². The van der Waals surface area contributed by atoms with Crippen molar-refractivity contribution in [1.82, 2.24) is 9.21 Å². The van der Waals surface area contributed by atoms with Crippen molar-refractivity contribution in [1.29, 1.82) is 0 Å². The molecule has 1 aromatic heterocycles. The number of nitrogens with zero attached hydrogens (tertiary/aromatic N) is 2. The van der Waals surface area contributed by atoms with Crippen LogP contribution >= 0.6 is 23.2 Å². The molecule has 33 heavy (non-hydrogen) atoms. The average molecular weight is 509 g/mol. The molecule has 0 N–H and O–H groups in total. The van der Waals surface area contributed by atoms with Gasteiger partial charge in [-0.25, -0.2) is 8.42 Å². The van der Waals surface area contributed by atoms with Crippen molar-refractivity contribution in [2.24, 2.45) is 0 Å². The Labute approximate surface area is 202 Å². The zero-order chi connectivity index (χ0) is 23.4. The number of halogens is 2. The summed E-state index contributed by atoms with van der Waals surface area (Å²) < 4.78 is 38.2. The summed E-state index contributed by atoms with van der Waals surface area (Å²) in [6.07, 6.45) is 1.30. The molecule has 3 aromatic rings. The smallest absolute Gasteiger partial charge is 0.243 e. The number of benzene rings is 2. The van der Waals surface area contributed by atoms with Gasteiger partial charge in [0.2, 0.25) is 21.2 Å². The van der Waals surface area contributed by atoms with Crippen LogP contribution in [0.3, 0.4) is 0 Å². The lowest BCUT2D eigenvalue weighted by atomic mass is 10.2. The van der Waals surface area contributed by atoms with Crippen molar-refractivity contribution in [3.05, 3.63) is 92.5 Å². The first kappa shape index (κ1) is 23.8. The molecule has 0 radical (unpaired) electrons. The van der Waals surface area contributed by atoms with Crippen LogP contribution in [0.25, 0.3) is 0 Å². The summed E-state index contributed by atoms with van der Waals surface area (Å²) in [5, 5.41) is 1.05. The molecule has 0 atom stereocenters. The number of sulfonamides is 1. The van der Waals surface area contributed by atoms with E-state index in [1.165, 1.54) is 28.8 Å². The fraction of sp³-hybridized carbons (Fsp3) is 0.261. The fourth-order valence-electron chi connectivity index (χ4n) is 3.50. The number of hydrogen-bond donors (Lipinski definition) is 0. The Morgan fingerprint density at radius 3 is 2.33 bits per heavy atom. The molecule has 4 rings (SSSR count). The predicted octanol–water partition coefficient (Wildman–Crippen LogP) is 4.03. The molecule has 0 unspecified atom stereocenters. The number of rotatable bonds is 7.